The number of anilines is 1. The van der Waals surface area contributed by atoms with Crippen LogP contribution in [0.3, 0.4) is 0 Å². The number of thioether (sulfide) groups is 1. The fraction of sp³-hybridized carbons (Fsp3) is 0.292. The van der Waals surface area contributed by atoms with E-state index in [-0.39, 0.29) is 24.3 Å². The highest BCUT2D eigenvalue weighted by Crippen LogP contribution is 2.42. The molecule has 0 unspecified atom stereocenters. The highest BCUT2D eigenvalue weighted by atomic mass is 32.2. The Kier molecular flexibility index (Phi) is 6.90. The molecule has 4 rings (SSSR count). The second kappa shape index (κ2) is 9.99. The molecule has 2 aromatic rings. The third kappa shape index (κ3) is 5.02. The van der Waals surface area contributed by atoms with Crippen molar-refractivity contribution in [3.8, 4) is 0 Å². The second-order valence-electron chi connectivity index (χ2n) is 7.68. The molecule has 2 aliphatic heterocycles. The number of fused-ring (bicyclic) bond motifs is 1. The van der Waals surface area contributed by atoms with E-state index in [9.17, 15) is 18.8 Å². The molecule has 32 heavy (non-hydrogen) atoms. The maximum atomic E-state index is 14.1. The van der Waals surface area contributed by atoms with Crippen LogP contribution in [0.2, 0.25) is 0 Å². The van der Waals surface area contributed by atoms with E-state index in [4.69, 9.17) is 0 Å². The third-order valence-corrected chi connectivity index (χ3v) is 6.50. The zero-order valence-corrected chi connectivity index (χ0v) is 18.4. The molecule has 0 radical (unpaired) electrons. The molecule has 0 aliphatic carbocycles. The van der Waals surface area contributed by atoms with E-state index in [1.165, 1.54) is 28.8 Å². The summed E-state index contributed by atoms with van der Waals surface area (Å²) in [6.07, 6.45) is 3.68. The number of likely N-dealkylation sites (tertiary alicyclic amines) is 1. The number of nitrogens with zero attached hydrogens (tertiary/aromatic N) is 2. The van der Waals surface area contributed by atoms with Crippen LogP contribution < -0.4 is 10.2 Å². The van der Waals surface area contributed by atoms with Crippen LogP contribution in [-0.2, 0) is 14.4 Å². The van der Waals surface area contributed by atoms with Crippen molar-refractivity contribution in [1.82, 2.24) is 10.2 Å². The van der Waals surface area contributed by atoms with Crippen molar-refractivity contribution in [1.29, 1.82) is 0 Å². The molecule has 3 amide bonds. The average molecular weight is 454 g/mol. The highest BCUT2D eigenvalue weighted by Gasteiger charge is 2.30. The Balaban J connectivity index is 1.43. The lowest BCUT2D eigenvalue weighted by Crippen LogP contribution is -2.43. The van der Waals surface area contributed by atoms with E-state index in [1.54, 1.807) is 24.3 Å². The number of halogens is 1. The van der Waals surface area contributed by atoms with Gasteiger partial charge in [-0.3, -0.25) is 19.3 Å². The summed E-state index contributed by atoms with van der Waals surface area (Å²) >= 11 is 1.27. The lowest BCUT2D eigenvalue weighted by atomic mass is 10.2. The summed E-state index contributed by atoms with van der Waals surface area (Å²) in [4.78, 5) is 41.8. The van der Waals surface area contributed by atoms with Crippen LogP contribution in [0.5, 0.6) is 0 Å². The molecule has 6 nitrogen and oxygen atoms in total. The van der Waals surface area contributed by atoms with Crippen LogP contribution in [0.1, 0.15) is 24.8 Å². The number of nitrogens with one attached hydrogen (secondary N) is 1. The first-order chi connectivity index (χ1) is 15.5. The molecule has 2 aromatic carbocycles. The lowest BCUT2D eigenvalue weighted by Gasteiger charge is -2.29. The second-order valence-corrected chi connectivity index (χ2v) is 8.76. The largest absolute Gasteiger partial charge is 0.354 e. The first-order valence-electron chi connectivity index (χ1n) is 10.6. The lowest BCUT2D eigenvalue weighted by molar-refractivity contribution is -0.127. The molecule has 0 aromatic heterocycles. The summed E-state index contributed by atoms with van der Waals surface area (Å²) in [6, 6.07) is 13.6. The molecule has 0 bridgehead atoms. The van der Waals surface area contributed by atoms with Gasteiger partial charge in [-0.15, -0.1) is 0 Å². The van der Waals surface area contributed by atoms with Gasteiger partial charge < -0.3 is 10.2 Å². The van der Waals surface area contributed by atoms with Gasteiger partial charge in [0.25, 0.3) is 5.91 Å². The van der Waals surface area contributed by atoms with Gasteiger partial charge in [0.15, 0.2) is 0 Å². The number of amides is 3. The SMILES string of the molecule is O=C(CN1C(=O)/C(=C/c2ccccc2F)Sc2ccccc21)NCCCN1CCCC1=O. The minimum Gasteiger partial charge on any atom is -0.354 e. The normalized spacial score (nSPS) is 17.1. The molecule has 2 aliphatic rings. The molecule has 0 atom stereocenters. The molecule has 166 valence electrons. The summed E-state index contributed by atoms with van der Waals surface area (Å²) in [5.74, 6) is -0.862. The van der Waals surface area contributed by atoms with Gasteiger partial charge in [-0.25, -0.2) is 4.39 Å². The van der Waals surface area contributed by atoms with Crippen LogP contribution >= 0.6 is 11.8 Å². The molecule has 1 N–H and O–H groups in total. The van der Waals surface area contributed by atoms with Crippen LogP contribution in [0, 0.1) is 5.82 Å². The number of benzene rings is 2. The van der Waals surface area contributed by atoms with Gasteiger partial charge in [-0.05, 0) is 37.1 Å². The Morgan fingerprint density at radius 1 is 1.12 bits per heavy atom. The Morgan fingerprint density at radius 2 is 1.91 bits per heavy atom. The van der Waals surface area contributed by atoms with Crippen molar-refractivity contribution in [3.63, 3.8) is 0 Å². The molecular weight excluding hydrogens is 429 g/mol. The Morgan fingerprint density at radius 3 is 2.69 bits per heavy atom. The molecule has 2 heterocycles. The molecule has 0 saturated carbocycles. The number of hydrogen-bond donors (Lipinski definition) is 1. The Bertz CT molecular complexity index is 1070. The average Bonchev–Trinajstić information content (AvgIpc) is 3.20. The Labute approximate surface area is 190 Å². The third-order valence-electron chi connectivity index (χ3n) is 5.42. The molecule has 1 saturated heterocycles. The summed E-state index contributed by atoms with van der Waals surface area (Å²) < 4.78 is 14.1. The van der Waals surface area contributed by atoms with Crippen LogP contribution in [0.15, 0.2) is 58.3 Å². The highest BCUT2D eigenvalue weighted by molar-refractivity contribution is 8.04. The summed E-state index contributed by atoms with van der Waals surface area (Å²) in [6.45, 7) is 1.70. The zero-order valence-electron chi connectivity index (χ0n) is 17.6. The first-order valence-corrected chi connectivity index (χ1v) is 11.4. The number of para-hydroxylation sites is 1. The van der Waals surface area contributed by atoms with E-state index < -0.39 is 5.82 Å². The fourth-order valence-electron chi connectivity index (χ4n) is 3.79. The number of hydrogen-bond acceptors (Lipinski definition) is 4. The van der Waals surface area contributed by atoms with Gasteiger partial charge in [0.1, 0.15) is 12.4 Å². The van der Waals surface area contributed by atoms with Gasteiger partial charge in [0, 0.05) is 36.5 Å². The predicted molar refractivity (Wildman–Crippen MR) is 122 cm³/mol. The van der Waals surface area contributed by atoms with Crippen molar-refractivity contribution in [2.24, 2.45) is 0 Å². The molecule has 8 heteroatoms. The quantitative estimate of drug-likeness (QED) is 0.515. The van der Waals surface area contributed by atoms with Gasteiger partial charge in [0.2, 0.25) is 11.8 Å². The van der Waals surface area contributed by atoms with Crippen molar-refractivity contribution < 1.29 is 18.8 Å². The number of carbonyl (C=O) groups excluding carboxylic acids is 3. The molecular formula is C24H24FN3O3S. The number of rotatable bonds is 7. The molecule has 1 fully saturated rings. The fourth-order valence-corrected chi connectivity index (χ4v) is 4.84. The van der Waals surface area contributed by atoms with Crippen LogP contribution in [0.4, 0.5) is 10.1 Å². The maximum absolute atomic E-state index is 14.1. The van der Waals surface area contributed by atoms with Crippen molar-refractivity contribution in [3.05, 3.63) is 64.8 Å². The summed E-state index contributed by atoms with van der Waals surface area (Å²) in [7, 11) is 0. The van der Waals surface area contributed by atoms with E-state index in [1.807, 2.05) is 23.1 Å². The zero-order chi connectivity index (χ0) is 22.5. The smallest absolute Gasteiger partial charge is 0.265 e. The van der Waals surface area contributed by atoms with Crippen molar-refractivity contribution in [2.75, 3.05) is 31.1 Å². The van der Waals surface area contributed by atoms with Crippen molar-refractivity contribution >= 4 is 41.2 Å². The van der Waals surface area contributed by atoms with Gasteiger partial charge >= 0.3 is 0 Å². The van der Waals surface area contributed by atoms with Crippen molar-refractivity contribution in [2.45, 2.75) is 24.2 Å². The van der Waals surface area contributed by atoms with E-state index in [0.29, 0.717) is 42.1 Å². The minimum absolute atomic E-state index is 0.131. The predicted octanol–water partition coefficient (Wildman–Crippen LogP) is 3.43. The van der Waals surface area contributed by atoms with Crippen LogP contribution in [0.25, 0.3) is 6.08 Å². The van der Waals surface area contributed by atoms with E-state index in [2.05, 4.69) is 5.32 Å². The summed E-state index contributed by atoms with van der Waals surface area (Å²) in [5.41, 5.74) is 0.981. The maximum Gasteiger partial charge on any atom is 0.265 e. The Hall–Kier alpha value is -3.13. The monoisotopic (exact) mass is 453 g/mol. The number of carbonyl (C=O) groups is 3. The topological polar surface area (TPSA) is 69.7 Å². The van der Waals surface area contributed by atoms with E-state index >= 15 is 0 Å². The van der Waals surface area contributed by atoms with E-state index in [0.717, 1.165) is 17.9 Å². The van der Waals surface area contributed by atoms with Gasteiger partial charge in [-0.1, -0.05) is 42.1 Å². The minimum atomic E-state index is -0.409. The first kappa shape index (κ1) is 22.1. The molecule has 0 spiro atoms. The van der Waals surface area contributed by atoms with Gasteiger partial charge in [-0.2, -0.15) is 0 Å². The summed E-state index contributed by atoms with van der Waals surface area (Å²) in [5, 5.41) is 2.84. The van der Waals surface area contributed by atoms with Gasteiger partial charge in [0.05, 0.1) is 10.6 Å². The van der Waals surface area contributed by atoms with Crippen LogP contribution in [-0.4, -0.2) is 48.8 Å². The standard InChI is InChI=1S/C24H24FN3O3S/c25-18-8-2-1-7-17(18)15-21-24(31)28(19-9-3-4-10-20(19)32-21)16-22(29)26-12-6-14-27-13-5-11-23(27)30/h1-4,7-10,15H,5-6,11-14,16H2,(H,26,29)/b21-15-.